The summed E-state index contributed by atoms with van der Waals surface area (Å²) in [6.07, 6.45) is 0. The van der Waals surface area contributed by atoms with Crippen molar-refractivity contribution in [1.82, 2.24) is 0 Å². The molecule has 72 valence electrons. The Morgan fingerprint density at radius 1 is 1.42 bits per heavy atom. The van der Waals surface area contributed by atoms with E-state index in [9.17, 15) is 9.90 Å². The van der Waals surface area contributed by atoms with Crippen LogP contribution in [0.15, 0.2) is 0 Å². The van der Waals surface area contributed by atoms with Crippen molar-refractivity contribution >= 4 is 5.97 Å². The number of rotatable bonds is 3. The highest BCUT2D eigenvalue weighted by Gasteiger charge is 2.36. The molecule has 0 aliphatic rings. The van der Waals surface area contributed by atoms with Crippen molar-refractivity contribution in [3.63, 3.8) is 0 Å². The van der Waals surface area contributed by atoms with Crippen LogP contribution in [0, 0.1) is 11.8 Å². The highest BCUT2D eigenvalue weighted by Crippen LogP contribution is 2.25. The van der Waals surface area contributed by atoms with E-state index in [1.165, 1.54) is 7.11 Å². The predicted molar refractivity (Wildman–Crippen MR) is 46.6 cm³/mol. The Morgan fingerprint density at radius 3 is 1.92 bits per heavy atom. The number of carbonyl (C=O) groups is 1. The molecule has 0 saturated carbocycles. The van der Waals surface area contributed by atoms with Gasteiger partial charge in [-0.15, -0.1) is 0 Å². The molecule has 0 rings (SSSR count). The third-order valence-electron chi connectivity index (χ3n) is 1.88. The van der Waals surface area contributed by atoms with Crippen LogP contribution in [0.4, 0.5) is 0 Å². The molecule has 1 atom stereocenters. The molecule has 3 nitrogen and oxygen atoms in total. The lowest BCUT2D eigenvalue weighted by Gasteiger charge is -2.29. The first-order valence-electron chi connectivity index (χ1n) is 4.11. The van der Waals surface area contributed by atoms with Crippen molar-refractivity contribution in [2.24, 2.45) is 11.8 Å². The van der Waals surface area contributed by atoms with Gasteiger partial charge in [-0.1, -0.05) is 13.8 Å². The van der Waals surface area contributed by atoms with Gasteiger partial charge in [0, 0.05) is 0 Å². The Kier molecular flexibility index (Phi) is 3.71. The molecule has 0 spiro atoms. The quantitative estimate of drug-likeness (QED) is 0.654. The lowest BCUT2D eigenvalue weighted by atomic mass is 9.82. The minimum absolute atomic E-state index is 0.0810. The summed E-state index contributed by atoms with van der Waals surface area (Å²) in [6, 6.07) is 0. The summed E-state index contributed by atoms with van der Waals surface area (Å²) in [5.41, 5.74) is -1.01. The van der Waals surface area contributed by atoms with Gasteiger partial charge in [0.1, 0.15) is 0 Å². The van der Waals surface area contributed by atoms with Gasteiger partial charge in [0.25, 0.3) is 0 Å². The van der Waals surface area contributed by atoms with Crippen molar-refractivity contribution in [2.75, 3.05) is 7.11 Å². The van der Waals surface area contributed by atoms with Gasteiger partial charge in [-0.2, -0.15) is 0 Å². The van der Waals surface area contributed by atoms with Gasteiger partial charge < -0.3 is 9.84 Å². The fourth-order valence-corrected chi connectivity index (χ4v) is 1.50. The molecule has 1 unspecified atom stereocenters. The molecule has 0 amide bonds. The number of aliphatic hydroxyl groups is 1. The number of hydrogen-bond donors (Lipinski definition) is 1. The molecule has 0 aromatic carbocycles. The highest BCUT2D eigenvalue weighted by atomic mass is 16.5. The van der Waals surface area contributed by atoms with Gasteiger partial charge in [0.15, 0.2) is 0 Å². The monoisotopic (exact) mass is 174 g/mol. The minimum atomic E-state index is -1.01. The van der Waals surface area contributed by atoms with E-state index in [0.29, 0.717) is 0 Å². The maximum Gasteiger partial charge on any atom is 0.311 e. The first-order chi connectivity index (χ1) is 5.30. The zero-order valence-corrected chi connectivity index (χ0v) is 8.42. The minimum Gasteiger partial charge on any atom is -0.469 e. The zero-order valence-electron chi connectivity index (χ0n) is 8.42. The first kappa shape index (κ1) is 11.4. The molecule has 0 aromatic heterocycles. The average molecular weight is 174 g/mol. The van der Waals surface area contributed by atoms with E-state index in [0.717, 1.165) is 0 Å². The van der Waals surface area contributed by atoms with Crippen molar-refractivity contribution in [3.05, 3.63) is 0 Å². The second kappa shape index (κ2) is 3.90. The zero-order chi connectivity index (χ0) is 9.94. The number of esters is 1. The van der Waals surface area contributed by atoms with Gasteiger partial charge in [0.05, 0.1) is 18.6 Å². The molecular formula is C9H18O3. The Bertz CT molecular complexity index is 156. The van der Waals surface area contributed by atoms with Crippen LogP contribution in [0.3, 0.4) is 0 Å². The van der Waals surface area contributed by atoms with Crippen molar-refractivity contribution in [2.45, 2.75) is 33.3 Å². The van der Waals surface area contributed by atoms with Gasteiger partial charge >= 0.3 is 5.97 Å². The van der Waals surface area contributed by atoms with Crippen molar-refractivity contribution in [1.29, 1.82) is 0 Å². The van der Waals surface area contributed by atoms with Crippen LogP contribution < -0.4 is 0 Å². The van der Waals surface area contributed by atoms with Crippen molar-refractivity contribution < 1.29 is 14.6 Å². The Hall–Kier alpha value is -0.570. The van der Waals surface area contributed by atoms with E-state index >= 15 is 0 Å². The molecule has 0 aliphatic heterocycles. The molecule has 12 heavy (non-hydrogen) atoms. The fraction of sp³-hybridized carbons (Fsp3) is 0.889. The molecular weight excluding hydrogens is 156 g/mol. The maximum absolute atomic E-state index is 11.2. The van der Waals surface area contributed by atoms with Crippen LogP contribution in [0.5, 0.6) is 0 Å². The normalized spacial score (nSPS) is 14.6. The van der Waals surface area contributed by atoms with E-state index < -0.39 is 11.5 Å². The molecule has 0 saturated heterocycles. The van der Waals surface area contributed by atoms with E-state index in [-0.39, 0.29) is 11.9 Å². The summed E-state index contributed by atoms with van der Waals surface area (Å²) < 4.78 is 4.60. The van der Waals surface area contributed by atoms with Crippen LogP contribution in [-0.2, 0) is 9.53 Å². The Labute approximate surface area is 73.7 Å². The number of carbonyl (C=O) groups excluding carboxylic acids is 1. The Morgan fingerprint density at radius 2 is 1.83 bits per heavy atom. The van der Waals surface area contributed by atoms with Crippen LogP contribution >= 0.6 is 0 Å². The SMILES string of the molecule is COC(=O)C(C(C)C)C(C)(C)O. The van der Waals surface area contributed by atoms with Crippen molar-refractivity contribution in [3.8, 4) is 0 Å². The fourth-order valence-electron chi connectivity index (χ4n) is 1.50. The van der Waals surface area contributed by atoms with Gasteiger partial charge in [-0.3, -0.25) is 4.79 Å². The lowest BCUT2D eigenvalue weighted by Crippen LogP contribution is -2.40. The van der Waals surface area contributed by atoms with E-state index in [4.69, 9.17) is 0 Å². The summed E-state index contributed by atoms with van der Waals surface area (Å²) in [6.45, 7) is 7.02. The van der Waals surface area contributed by atoms with Crippen LogP contribution in [-0.4, -0.2) is 23.8 Å². The molecule has 0 fully saturated rings. The highest BCUT2D eigenvalue weighted by molar-refractivity contribution is 5.73. The third kappa shape index (κ3) is 2.81. The first-order valence-corrected chi connectivity index (χ1v) is 4.11. The van der Waals surface area contributed by atoms with Gasteiger partial charge in [-0.05, 0) is 19.8 Å². The summed E-state index contributed by atoms with van der Waals surface area (Å²) in [5, 5.41) is 9.65. The van der Waals surface area contributed by atoms with Gasteiger partial charge in [-0.25, -0.2) is 0 Å². The van der Waals surface area contributed by atoms with E-state index in [2.05, 4.69) is 4.74 Å². The van der Waals surface area contributed by atoms with E-state index in [1.54, 1.807) is 13.8 Å². The number of hydrogen-bond acceptors (Lipinski definition) is 3. The summed E-state index contributed by atoms with van der Waals surface area (Å²) in [7, 11) is 1.34. The summed E-state index contributed by atoms with van der Waals surface area (Å²) in [5.74, 6) is -0.725. The van der Waals surface area contributed by atoms with Crippen LogP contribution in [0.25, 0.3) is 0 Å². The molecule has 3 heteroatoms. The second-order valence-corrected chi connectivity index (χ2v) is 3.90. The van der Waals surface area contributed by atoms with Crippen LogP contribution in [0.1, 0.15) is 27.7 Å². The maximum atomic E-state index is 11.2. The number of methoxy groups -OCH3 is 1. The lowest BCUT2D eigenvalue weighted by molar-refractivity contribution is -0.156. The van der Waals surface area contributed by atoms with Gasteiger partial charge in [0.2, 0.25) is 0 Å². The third-order valence-corrected chi connectivity index (χ3v) is 1.88. The average Bonchev–Trinajstić information content (AvgIpc) is 1.83. The topological polar surface area (TPSA) is 46.5 Å². The van der Waals surface area contributed by atoms with Crippen LogP contribution in [0.2, 0.25) is 0 Å². The van der Waals surface area contributed by atoms with E-state index in [1.807, 2.05) is 13.8 Å². The number of ether oxygens (including phenoxy) is 1. The standard InChI is InChI=1S/C9H18O3/c1-6(2)7(8(10)12-5)9(3,4)11/h6-7,11H,1-5H3. The molecule has 0 bridgehead atoms. The molecule has 1 N–H and O–H groups in total. The smallest absolute Gasteiger partial charge is 0.311 e. The second-order valence-electron chi connectivity index (χ2n) is 3.90. The molecule has 0 aromatic rings. The predicted octanol–water partition coefficient (Wildman–Crippen LogP) is 1.20. The summed E-state index contributed by atoms with van der Waals surface area (Å²) in [4.78, 5) is 11.2. The Balaban J connectivity index is 4.56. The largest absolute Gasteiger partial charge is 0.469 e. The molecule has 0 aliphatic carbocycles. The molecule has 0 heterocycles. The summed E-state index contributed by atoms with van der Waals surface area (Å²) >= 11 is 0. The molecule has 0 radical (unpaired) electrons.